The Kier molecular flexibility index (Phi) is 5.63. The van der Waals surface area contributed by atoms with Gasteiger partial charge in [0.2, 0.25) is 0 Å². The summed E-state index contributed by atoms with van der Waals surface area (Å²) in [5.41, 5.74) is 3.69. The van der Waals surface area contributed by atoms with Crippen LogP contribution in [0.3, 0.4) is 0 Å². The normalized spacial score (nSPS) is 20.7. The van der Waals surface area contributed by atoms with E-state index in [2.05, 4.69) is 27.7 Å². The van der Waals surface area contributed by atoms with Crippen LogP contribution in [0.4, 0.5) is 0 Å². The summed E-state index contributed by atoms with van der Waals surface area (Å²) in [6.45, 7) is 11.2. The molecular weight excluding hydrogens is 425 g/mol. The van der Waals surface area contributed by atoms with Gasteiger partial charge in [-0.25, -0.2) is 4.68 Å². The quantitative estimate of drug-likeness (QED) is 0.572. The molecule has 166 valence electrons. The third-order valence-corrected chi connectivity index (χ3v) is 6.18. The van der Waals surface area contributed by atoms with Crippen molar-refractivity contribution in [2.24, 2.45) is 10.8 Å². The van der Waals surface area contributed by atoms with Crippen LogP contribution in [0, 0.1) is 10.8 Å². The molecule has 0 N–H and O–H groups in total. The van der Waals surface area contributed by atoms with Gasteiger partial charge in [0.15, 0.2) is 0 Å². The predicted octanol–water partition coefficient (Wildman–Crippen LogP) is 3.22. The largest absolute Gasteiger partial charge is 0.493 e. The lowest BCUT2D eigenvalue weighted by atomic mass is 9.75. The number of fused-ring (bicyclic) bond motifs is 1. The van der Waals surface area contributed by atoms with Crippen LogP contribution in [0.1, 0.15) is 27.7 Å². The number of aromatic nitrogens is 2. The molecule has 5 rings (SSSR count). The second-order valence-corrected chi connectivity index (χ2v) is 10.7. The second kappa shape index (κ2) is 8.19. The number of nitrogens with zero attached hydrogens (tertiary/aromatic N) is 2. The van der Waals surface area contributed by atoms with Gasteiger partial charge in [-0.15, -0.1) is 0 Å². The van der Waals surface area contributed by atoms with Crippen molar-refractivity contribution in [2.45, 2.75) is 27.7 Å². The number of rotatable bonds is 3. The Balaban J connectivity index is 1.37. The summed E-state index contributed by atoms with van der Waals surface area (Å²) < 4.78 is 25.4. The van der Waals surface area contributed by atoms with Gasteiger partial charge in [0.05, 0.1) is 11.2 Å². The monoisotopic (exact) mass is 452 g/mol. The maximum absolute atomic E-state index is 6.74. The zero-order valence-corrected chi connectivity index (χ0v) is 19.7. The number of halogens is 1. The Morgan fingerprint density at radius 3 is 1.84 bits per heavy atom. The highest BCUT2D eigenvalue weighted by atomic mass is 35.5. The molecule has 0 radical (unpaired) electrons. The maximum atomic E-state index is 6.74. The minimum Gasteiger partial charge on any atom is -0.407 e. The van der Waals surface area contributed by atoms with Gasteiger partial charge in [0.1, 0.15) is 5.15 Å². The third-order valence-electron chi connectivity index (χ3n) is 5.82. The van der Waals surface area contributed by atoms with Crippen LogP contribution in [0.5, 0.6) is 0 Å². The summed E-state index contributed by atoms with van der Waals surface area (Å²) in [7, 11) is -0.723. The van der Waals surface area contributed by atoms with E-state index in [1.165, 1.54) is 0 Å². The average Bonchev–Trinajstić information content (AvgIpc) is 3.10. The van der Waals surface area contributed by atoms with Crippen molar-refractivity contribution >= 4 is 47.7 Å². The van der Waals surface area contributed by atoms with Crippen LogP contribution in [0.25, 0.3) is 16.6 Å². The third kappa shape index (κ3) is 4.35. The van der Waals surface area contributed by atoms with E-state index in [0.29, 0.717) is 31.6 Å². The van der Waals surface area contributed by atoms with E-state index in [-0.39, 0.29) is 25.1 Å². The highest BCUT2D eigenvalue weighted by molar-refractivity contribution is 6.62. The molecule has 3 heterocycles. The molecule has 0 saturated carbocycles. The highest BCUT2D eigenvalue weighted by Crippen LogP contribution is 2.27. The Morgan fingerprint density at radius 1 is 0.781 bits per heavy atom. The first-order valence-corrected chi connectivity index (χ1v) is 11.3. The maximum Gasteiger partial charge on any atom is 0.493 e. The molecule has 0 bridgehead atoms. The van der Waals surface area contributed by atoms with E-state index in [1.807, 2.05) is 42.5 Å². The Bertz CT molecular complexity index is 1110. The predicted molar refractivity (Wildman–Crippen MR) is 128 cm³/mol. The minimum atomic E-state index is -0.383. The molecule has 0 spiro atoms. The lowest BCUT2D eigenvalue weighted by molar-refractivity contribution is 0.0342. The van der Waals surface area contributed by atoms with Crippen molar-refractivity contribution in [3.8, 4) is 5.69 Å². The topological polar surface area (TPSA) is 54.7 Å². The molecule has 2 fully saturated rings. The van der Waals surface area contributed by atoms with Crippen LogP contribution in [-0.2, 0) is 18.6 Å². The van der Waals surface area contributed by atoms with Gasteiger partial charge >= 0.3 is 14.2 Å². The summed E-state index contributed by atoms with van der Waals surface area (Å²) >= 11 is 6.74. The van der Waals surface area contributed by atoms with E-state index in [4.69, 9.17) is 35.3 Å². The summed E-state index contributed by atoms with van der Waals surface area (Å²) in [5.74, 6) is 0. The lowest BCUT2D eigenvalue weighted by Crippen LogP contribution is -2.47. The number of benzene rings is 2. The van der Waals surface area contributed by atoms with Gasteiger partial charge in [-0.05, 0) is 35.2 Å². The van der Waals surface area contributed by atoms with Crippen molar-refractivity contribution in [3.63, 3.8) is 0 Å². The van der Waals surface area contributed by atoms with E-state index in [0.717, 1.165) is 27.5 Å². The molecule has 2 aromatic carbocycles. The fourth-order valence-electron chi connectivity index (χ4n) is 3.93. The zero-order chi connectivity index (χ0) is 22.5. The summed E-state index contributed by atoms with van der Waals surface area (Å²) in [6, 6.07) is 13.9. The van der Waals surface area contributed by atoms with E-state index < -0.39 is 0 Å². The molecular formula is C23H27B2ClN2O4. The van der Waals surface area contributed by atoms with E-state index in [1.54, 1.807) is 4.68 Å². The number of hydrogen-bond donors (Lipinski definition) is 0. The smallest absolute Gasteiger partial charge is 0.407 e. The summed E-state index contributed by atoms with van der Waals surface area (Å²) in [4.78, 5) is 0. The van der Waals surface area contributed by atoms with Crippen molar-refractivity contribution in [2.75, 3.05) is 26.4 Å². The molecule has 0 aliphatic carbocycles. The summed E-state index contributed by atoms with van der Waals surface area (Å²) in [5, 5.41) is 6.11. The molecule has 2 saturated heterocycles. The molecule has 9 heteroatoms. The summed E-state index contributed by atoms with van der Waals surface area (Å²) in [6.07, 6.45) is 0. The first kappa shape index (κ1) is 22.0. The fraction of sp³-hybridized carbons (Fsp3) is 0.435. The van der Waals surface area contributed by atoms with Crippen LogP contribution >= 0.6 is 11.6 Å². The Morgan fingerprint density at radius 2 is 1.28 bits per heavy atom. The molecule has 0 unspecified atom stereocenters. The van der Waals surface area contributed by atoms with Gasteiger partial charge in [-0.3, -0.25) is 0 Å². The highest BCUT2D eigenvalue weighted by Gasteiger charge is 2.34. The molecule has 32 heavy (non-hydrogen) atoms. The zero-order valence-electron chi connectivity index (χ0n) is 18.9. The first-order chi connectivity index (χ1) is 15.2. The molecule has 2 aliphatic rings. The van der Waals surface area contributed by atoms with Gasteiger partial charge in [0, 0.05) is 42.6 Å². The minimum absolute atomic E-state index is 0.0270. The second-order valence-electron chi connectivity index (χ2n) is 10.3. The van der Waals surface area contributed by atoms with Crippen LogP contribution in [0.15, 0.2) is 42.5 Å². The fourth-order valence-corrected chi connectivity index (χ4v) is 4.22. The SMILES string of the molecule is CC1(C)COB(c2ccc(-n3nc4ccc(B5OCC(C)(C)CO5)cc4c3Cl)cc2)OC1. The first-order valence-electron chi connectivity index (χ1n) is 11.0. The standard InChI is InChI=1S/C23H27B2ClN2O4/c1-22(2)12-29-24(30-13-22)16-5-8-18(9-6-16)28-21(26)19-11-17(7-10-20(19)27-28)25-31-14-23(3,4)15-32-25/h5-11H,12-15H2,1-4H3. The molecule has 0 amide bonds. The Labute approximate surface area is 194 Å². The Hall–Kier alpha value is -1.83. The van der Waals surface area contributed by atoms with Crippen LogP contribution in [0.2, 0.25) is 5.15 Å². The molecule has 1 aromatic heterocycles. The molecule has 3 aromatic rings. The average molecular weight is 453 g/mol. The van der Waals surface area contributed by atoms with Crippen molar-refractivity contribution in [3.05, 3.63) is 47.6 Å². The van der Waals surface area contributed by atoms with Crippen LogP contribution in [-0.4, -0.2) is 50.4 Å². The molecule has 6 nitrogen and oxygen atoms in total. The van der Waals surface area contributed by atoms with Gasteiger partial charge in [-0.1, -0.05) is 57.5 Å². The lowest BCUT2D eigenvalue weighted by Gasteiger charge is -2.33. The van der Waals surface area contributed by atoms with Gasteiger partial charge in [-0.2, -0.15) is 5.10 Å². The molecule has 2 aliphatic heterocycles. The van der Waals surface area contributed by atoms with E-state index in [9.17, 15) is 0 Å². The van der Waals surface area contributed by atoms with Crippen molar-refractivity contribution in [1.29, 1.82) is 0 Å². The van der Waals surface area contributed by atoms with Crippen LogP contribution < -0.4 is 10.9 Å². The van der Waals surface area contributed by atoms with E-state index >= 15 is 0 Å². The van der Waals surface area contributed by atoms with Gasteiger partial charge < -0.3 is 18.6 Å². The van der Waals surface area contributed by atoms with Crippen molar-refractivity contribution < 1.29 is 18.6 Å². The number of hydrogen-bond acceptors (Lipinski definition) is 5. The van der Waals surface area contributed by atoms with Crippen molar-refractivity contribution in [1.82, 2.24) is 9.78 Å². The van der Waals surface area contributed by atoms with Gasteiger partial charge in [0.25, 0.3) is 0 Å². The molecule has 0 atom stereocenters.